The van der Waals surface area contributed by atoms with Gasteiger partial charge in [-0.1, -0.05) is 24.1 Å². The Balaban J connectivity index is 2.21. The van der Waals surface area contributed by atoms with Gasteiger partial charge < -0.3 is 10.1 Å². The summed E-state index contributed by atoms with van der Waals surface area (Å²) in [6, 6.07) is 4.55. The Morgan fingerprint density at radius 1 is 1.41 bits per heavy atom. The Morgan fingerprint density at radius 3 is 2.88 bits per heavy atom. The van der Waals surface area contributed by atoms with E-state index in [0.717, 1.165) is 18.7 Å². The molecule has 0 aliphatic carbocycles. The topological polar surface area (TPSA) is 21.3 Å². The third-order valence-electron chi connectivity index (χ3n) is 3.51. The molecule has 0 aromatic heterocycles. The van der Waals surface area contributed by atoms with Crippen LogP contribution in [0.25, 0.3) is 0 Å². The Hall–Kier alpha value is -0.730. The monoisotopic (exact) mass is 253 g/mol. The van der Waals surface area contributed by atoms with E-state index in [4.69, 9.17) is 16.3 Å². The highest BCUT2D eigenvalue weighted by atomic mass is 35.5. The molecule has 1 aliphatic rings. The summed E-state index contributed by atoms with van der Waals surface area (Å²) in [4.78, 5) is 0. The highest BCUT2D eigenvalue weighted by Gasteiger charge is 2.18. The molecule has 0 bridgehead atoms. The van der Waals surface area contributed by atoms with Crippen molar-refractivity contribution in [1.29, 1.82) is 0 Å². The number of nitrogens with one attached hydrogen (secondary N) is 1. The third kappa shape index (κ3) is 2.93. The van der Waals surface area contributed by atoms with Crippen molar-refractivity contribution >= 4 is 11.6 Å². The molecule has 1 aromatic rings. The summed E-state index contributed by atoms with van der Waals surface area (Å²) in [5.41, 5.74) is 2.51. The van der Waals surface area contributed by atoms with Crippen molar-refractivity contribution in [3.05, 3.63) is 28.3 Å². The molecule has 2 nitrogen and oxygen atoms in total. The average Bonchev–Trinajstić information content (AvgIpc) is 2.35. The van der Waals surface area contributed by atoms with Crippen LogP contribution >= 0.6 is 11.6 Å². The molecule has 94 valence electrons. The van der Waals surface area contributed by atoms with Crippen LogP contribution < -0.4 is 10.1 Å². The Bertz CT molecular complexity index is 386. The summed E-state index contributed by atoms with van der Waals surface area (Å²) in [6.45, 7) is 3.25. The molecule has 2 rings (SSSR count). The van der Waals surface area contributed by atoms with Gasteiger partial charge in [-0.3, -0.25) is 0 Å². The van der Waals surface area contributed by atoms with E-state index < -0.39 is 0 Å². The minimum Gasteiger partial charge on any atom is -0.495 e. The van der Waals surface area contributed by atoms with Crippen molar-refractivity contribution in [2.24, 2.45) is 0 Å². The first-order valence-corrected chi connectivity index (χ1v) is 6.65. The maximum atomic E-state index is 6.17. The van der Waals surface area contributed by atoms with Crippen molar-refractivity contribution in [3.8, 4) is 5.75 Å². The van der Waals surface area contributed by atoms with E-state index in [0.29, 0.717) is 11.1 Å². The van der Waals surface area contributed by atoms with Gasteiger partial charge in [-0.05, 0) is 44.4 Å². The minimum absolute atomic E-state index is 0.565. The molecule has 1 aliphatic heterocycles. The zero-order valence-corrected chi connectivity index (χ0v) is 11.3. The predicted molar refractivity (Wildman–Crippen MR) is 72.1 cm³/mol. The van der Waals surface area contributed by atoms with E-state index in [1.165, 1.54) is 30.4 Å². The van der Waals surface area contributed by atoms with Crippen LogP contribution in [0, 0.1) is 6.92 Å². The Kier molecular flexibility index (Phi) is 4.30. The van der Waals surface area contributed by atoms with Gasteiger partial charge in [0.25, 0.3) is 0 Å². The zero-order chi connectivity index (χ0) is 12.3. The van der Waals surface area contributed by atoms with Crippen LogP contribution in [-0.2, 0) is 6.42 Å². The number of hydrogen-bond acceptors (Lipinski definition) is 2. The molecule has 1 fully saturated rings. The summed E-state index contributed by atoms with van der Waals surface area (Å²) < 4.78 is 5.44. The van der Waals surface area contributed by atoms with Crippen LogP contribution in [-0.4, -0.2) is 19.7 Å². The molecule has 1 atom stereocenters. The lowest BCUT2D eigenvalue weighted by atomic mass is 9.94. The first-order chi connectivity index (χ1) is 8.22. The molecule has 0 spiro atoms. The van der Waals surface area contributed by atoms with E-state index in [1.54, 1.807) is 7.11 Å². The van der Waals surface area contributed by atoms with Crippen LogP contribution in [0.15, 0.2) is 12.1 Å². The molecule has 1 aromatic carbocycles. The molecule has 0 radical (unpaired) electrons. The lowest BCUT2D eigenvalue weighted by molar-refractivity contribution is 0.381. The summed E-state index contributed by atoms with van der Waals surface area (Å²) in [7, 11) is 1.69. The smallest absolute Gasteiger partial charge is 0.140 e. The van der Waals surface area contributed by atoms with Gasteiger partial charge in [0.15, 0.2) is 0 Å². The molecule has 1 heterocycles. The number of methoxy groups -OCH3 is 1. The van der Waals surface area contributed by atoms with E-state index in [1.807, 2.05) is 6.07 Å². The number of benzene rings is 1. The predicted octanol–water partition coefficient (Wildman–Crippen LogP) is 3.34. The lowest BCUT2D eigenvalue weighted by Gasteiger charge is -2.25. The molecular weight excluding hydrogens is 234 g/mol. The van der Waals surface area contributed by atoms with Crippen LogP contribution in [0.4, 0.5) is 0 Å². The lowest BCUT2D eigenvalue weighted by Crippen LogP contribution is -2.35. The standard InChI is InChI=1S/C14H20ClNO/c1-10-6-7-13(15)14(17-2)12(10)9-11-5-3-4-8-16-11/h6-7,11,16H,3-5,8-9H2,1-2H3. The average molecular weight is 254 g/mol. The van der Waals surface area contributed by atoms with Crippen LogP contribution in [0.5, 0.6) is 5.75 Å². The van der Waals surface area contributed by atoms with Crippen molar-refractivity contribution in [1.82, 2.24) is 5.32 Å². The largest absolute Gasteiger partial charge is 0.495 e. The highest BCUT2D eigenvalue weighted by molar-refractivity contribution is 6.32. The van der Waals surface area contributed by atoms with Gasteiger partial charge in [-0.25, -0.2) is 0 Å². The summed E-state index contributed by atoms with van der Waals surface area (Å²) in [5, 5.41) is 4.28. The first kappa shape index (κ1) is 12.7. The molecule has 1 saturated heterocycles. The highest BCUT2D eigenvalue weighted by Crippen LogP contribution is 2.32. The van der Waals surface area contributed by atoms with E-state index in [2.05, 4.69) is 18.3 Å². The molecule has 1 N–H and O–H groups in total. The molecular formula is C14H20ClNO. The summed E-state index contributed by atoms with van der Waals surface area (Å²) in [6.07, 6.45) is 4.87. The second kappa shape index (κ2) is 5.74. The maximum Gasteiger partial charge on any atom is 0.140 e. The normalized spacial score (nSPS) is 20.3. The van der Waals surface area contributed by atoms with Gasteiger partial charge in [0.05, 0.1) is 12.1 Å². The van der Waals surface area contributed by atoms with Gasteiger partial charge >= 0.3 is 0 Å². The van der Waals surface area contributed by atoms with Gasteiger partial charge in [-0.15, -0.1) is 0 Å². The second-order valence-corrected chi connectivity index (χ2v) is 5.13. The molecule has 3 heteroatoms. The number of halogens is 1. The molecule has 17 heavy (non-hydrogen) atoms. The number of hydrogen-bond donors (Lipinski definition) is 1. The van der Waals surface area contributed by atoms with E-state index in [9.17, 15) is 0 Å². The van der Waals surface area contributed by atoms with E-state index in [-0.39, 0.29) is 0 Å². The number of rotatable bonds is 3. The van der Waals surface area contributed by atoms with Crippen molar-refractivity contribution in [3.63, 3.8) is 0 Å². The van der Waals surface area contributed by atoms with Gasteiger partial charge in [0.2, 0.25) is 0 Å². The third-order valence-corrected chi connectivity index (χ3v) is 3.81. The van der Waals surface area contributed by atoms with Crippen molar-refractivity contribution < 1.29 is 4.74 Å². The van der Waals surface area contributed by atoms with Crippen LogP contribution in [0.2, 0.25) is 5.02 Å². The molecule has 0 saturated carbocycles. The van der Waals surface area contributed by atoms with E-state index >= 15 is 0 Å². The first-order valence-electron chi connectivity index (χ1n) is 6.27. The van der Waals surface area contributed by atoms with Crippen molar-refractivity contribution in [2.75, 3.05) is 13.7 Å². The zero-order valence-electron chi connectivity index (χ0n) is 10.6. The van der Waals surface area contributed by atoms with Crippen molar-refractivity contribution in [2.45, 2.75) is 38.6 Å². The van der Waals surface area contributed by atoms with Gasteiger partial charge in [-0.2, -0.15) is 0 Å². The minimum atomic E-state index is 0.565. The Labute approximate surface area is 108 Å². The quantitative estimate of drug-likeness (QED) is 0.892. The Morgan fingerprint density at radius 2 is 2.24 bits per heavy atom. The number of piperidine rings is 1. The number of aryl methyl sites for hydroxylation is 1. The fourth-order valence-corrected chi connectivity index (χ4v) is 2.77. The molecule has 1 unspecified atom stereocenters. The fraction of sp³-hybridized carbons (Fsp3) is 0.571. The van der Waals surface area contributed by atoms with Crippen LogP contribution in [0.1, 0.15) is 30.4 Å². The fourth-order valence-electron chi connectivity index (χ4n) is 2.52. The van der Waals surface area contributed by atoms with Gasteiger partial charge in [0, 0.05) is 11.6 Å². The SMILES string of the molecule is COc1c(Cl)ccc(C)c1CC1CCCCN1. The van der Waals surface area contributed by atoms with Gasteiger partial charge in [0.1, 0.15) is 5.75 Å². The second-order valence-electron chi connectivity index (χ2n) is 4.73. The number of ether oxygens (including phenoxy) is 1. The summed E-state index contributed by atoms with van der Waals surface area (Å²) >= 11 is 6.17. The molecule has 0 amide bonds. The maximum absolute atomic E-state index is 6.17. The summed E-state index contributed by atoms with van der Waals surface area (Å²) in [5.74, 6) is 0.846. The van der Waals surface area contributed by atoms with Crippen LogP contribution in [0.3, 0.4) is 0 Å².